The second-order valence-electron chi connectivity index (χ2n) is 6.08. The summed E-state index contributed by atoms with van der Waals surface area (Å²) in [6.45, 7) is 2.04. The molecule has 26 heavy (non-hydrogen) atoms. The highest BCUT2D eigenvalue weighted by Crippen LogP contribution is 2.49. The fourth-order valence-electron chi connectivity index (χ4n) is 2.78. The van der Waals surface area contributed by atoms with Crippen molar-refractivity contribution in [2.45, 2.75) is 11.8 Å². The molecule has 4 nitrogen and oxygen atoms in total. The highest BCUT2D eigenvalue weighted by molar-refractivity contribution is 9.10. The van der Waals surface area contributed by atoms with Crippen molar-refractivity contribution in [2.75, 3.05) is 19.0 Å². The average Bonchev–Trinajstić information content (AvgIpc) is 3.09. The predicted molar refractivity (Wildman–Crippen MR) is 114 cm³/mol. The van der Waals surface area contributed by atoms with Gasteiger partial charge in [-0.15, -0.1) is 0 Å². The van der Waals surface area contributed by atoms with Gasteiger partial charge in [-0.2, -0.15) is 0 Å². The molecule has 0 unspecified atom stereocenters. The van der Waals surface area contributed by atoms with Gasteiger partial charge in [0.25, 0.3) is 5.91 Å². The molecule has 0 bridgehead atoms. The summed E-state index contributed by atoms with van der Waals surface area (Å²) < 4.78 is 0.923. The van der Waals surface area contributed by atoms with E-state index in [2.05, 4.69) is 33.0 Å². The minimum Gasteiger partial charge on any atom is -0.337 e. The second kappa shape index (κ2) is 6.79. The van der Waals surface area contributed by atoms with E-state index in [0.29, 0.717) is 5.17 Å². The number of aliphatic imine (C=N–C) groups is 1. The van der Waals surface area contributed by atoms with E-state index in [-0.39, 0.29) is 5.91 Å². The van der Waals surface area contributed by atoms with Crippen molar-refractivity contribution in [1.82, 2.24) is 4.90 Å². The Bertz CT molecular complexity index is 986. The van der Waals surface area contributed by atoms with E-state index in [0.717, 1.165) is 31.3 Å². The molecule has 1 saturated heterocycles. The van der Waals surface area contributed by atoms with Crippen molar-refractivity contribution in [3.63, 3.8) is 0 Å². The number of anilines is 1. The second-order valence-corrected chi connectivity index (χ2v) is 8.94. The number of amidine groups is 1. The fourth-order valence-corrected chi connectivity index (χ4v) is 5.69. The summed E-state index contributed by atoms with van der Waals surface area (Å²) in [5.74, 6) is -0.0147. The van der Waals surface area contributed by atoms with Gasteiger partial charge in [0, 0.05) is 23.5 Å². The number of benzene rings is 2. The monoisotopic (exact) mass is 445 g/mol. The summed E-state index contributed by atoms with van der Waals surface area (Å²) in [6.07, 6.45) is 0. The predicted octanol–water partition coefficient (Wildman–Crippen LogP) is 5.36. The van der Waals surface area contributed by atoms with Crippen LogP contribution in [0.1, 0.15) is 5.56 Å². The standard InChI is InChI=1S/C19H16BrN3OS2/c1-11-8-9-13(12(20)10-11)21-19-23(3)17(24)16(26-19)18-22(2)14-6-4-5-7-15(14)25-18/h4-10H,1-3H3. The molecule has 132 valence electrons. The highest BCUT2D eigenvalue weighted by Gasteiger charge is 2.37. The summed E-state index contributed by atoms with van der Waals surface area (Å²) >= 11 is 6.62. The van der Waals surface area contributed by atoms with Gasteiger partial charge in [0.2, 0.25) is 0 Å². The van der Waals surface area contributed by atoms with Crippen molar-refractivity contribution in [1.29, 1.82) is 0 Å². The van der Waals surface area contributed by atoms with Gasteiger partial charge in [-0.05, 0) is 64.4 Å². The largest absolute Gasteiger partial charge is 0.337 e. The van der Waals surface area contributed by atoms with Crippen LogP contribution < -0.4 is 4.90 Å². The van der Waals surface area contributed by atoms with Gasteiger partial charge in [0.05, 0.1) is 16.4 Å². The summed E-state index contributed by atoms with van der Waals surface area (Å²) in [7, 11) is 3.78. The van der Waals surface area contributed by atoms with E-state index in [1.54, 1.807) is 23.7 Å². The van der Waals surface area contributed by atoms with E-state index in [1.807, 2.05) is 44.3 Å². The Morgan fingerprint density at radius 1 is 1.04 bits per heavy atom. The van der Waals surface area contributed by atoms with Crippen molar-refractivity contribution >= 4 is 61.9 Å². The van der Waals surface area contributed by atoms with E-state index in [9.17, 15) is 4.79 Å². The molecule has 0 saturated carbocycles. The summed E-state index contributed by atoms with van der Waals surface area (Å²) in [5.41, 5.74) is 3.11. The molecule has 2 aromatic rings. The third-order valence-electron chi connectivity index (χ3n) is 4.23. The van der Waals surface area contributed by atoms with Crippen molar-refractivity contribution in [2.24, 2.45) is 4.99 Å². The SMILES string of the molecule is Cc1ccc(N=C2SC(=C3Sc4ccccc4N3C)C(=O)N2C)c(Br)c1. The van der Waals surface area contributed by atoms with Gasteiger partial charge in [-0.25, -0.2) is 4.99 Å². The number of carbonyl (C=O) groups excluding carboxylic acids is 1. The van der Waals surface area contributed by atoms with Gasteiger partial charge in [-0.1, -0.05) is 30.0 Å². The maximum Gasteiger partial charge on any atom is 0.269 e. The number of halogens is 1. The van der Waals surface area contributed by atoms with E-state index >= 15 is 0 Å². The highest BCUT2D eigenvalue weighted by atomic mass is 79.9. The minimum absolute atomic E-state index is 0.0147. The number of fused-ring (bicyclic) bond motifs is 1. The molecular weight excluding hydrogens is 430 g/mol. The summed E-state index contributed by atoms with van der Waals surface area (Å²) in [5, 5.41) is 1.65. The number of amides is 1. The number of carbonyl (C=O) groups is 1. The first-order valence-electron chi connectivity index (χ1n) is 8.01. The Morgan fingerprint density at radius 3 is 2.54 bits per heavy atom. The lowest BCUT2D eigenvalue weighted by molar-refractivity contribution is -0.121. The van der Waals surface area contributed by atoms with Crippen molar-refractivity contribution in [3.05, 3.63) is 62.4 Å². The Morgan fingerprint density at radius 2 is 1.81 bits per heavy atom. The van der Waals surface area contributed by atoms with Gasteiger partial charge in [0.15, 0.2) is 5.17 Å². The molecule has 2 aliphatic heterocycles. The Balaban J connectivity index is 1.71. The third kappa shape index (κ3) is 2.98. The van der Waals surface area contributed by atoms with E-state index < -0.39 is 0 Å². The molecule has 1 amide bonds. The summed E-state index contributed by atoms with van der Waals surface area (Å²) in [4.78, 5) is 23.1. The molecule has 0 radical (unpaired) electrons. The number of hydrogen-bond donors (Lipinski definition) is 0. The molecule has 2 heterocycles. The molecule has 7 heteroatoms. The average molecular weight is 446 g/mol. The lowest BCUT2D eigenvalue weighted by Crippen LogP contribution is -2.24. The number of likely N-dealkylation sites (N-methyl/N-ethyl adjacent to an activating group) is 1. The van der Waals surface area contributed by atoms with Crippen LogP contribution >= 0.6 is 39.5 Å². The zero-order valence-electron chi connectivity index (χ0n) is 14.5. The van der Waals surface area contributed by atoms with E-state index in [1.165, 1.54) is 16.7 Å². The topological polar surface area (TPSA) is 35.9 Å². The summed E-state index contributed by atoms with van der Waals surface area (Å²) in [6, 6.07) is 14.2. The van der Waals surface area contributed by atoms with Crippen LogP contribution in [0.2, 0.25) is 0 Å². The zero-order valence-corrected chi connectivity index (χ0v) is 17.7. The number of para-hydroxylation sites is 1. The quantitative estimate of drug-likeness (QED) is 0.553. The van der Waals surface area contributed by atoms with Crippen LogP contribution in [0.25, 0.3) is 0 Å². The molecule has 0 N–H and O–H groups in total. The number of hydrogen-bond acceptors (Lipinski definition) is 5. The van der Waals surface area contributed by atoms with Crippen LogP contribution in [0.5, 0.6) is 0 Å². The Kier molecular flexibility index (Phi) is 4.62. The fraction of sp³-hybridized carbons (Fsp3) is 0.158. The Hall–Kier alpha value is -1.70. The first-order valence-corrected chi connectivity index (χ1v) is 10.4. The first-order chi connectivity index (χ1) is 12.5. The van der Waals surface area contributed by atoms with E-state index in [4.69, 9.17) is 4.99 Å². The van der Waals surface area contributed by atoms with Gasteiger partial charge < -0.3 is 4.90 Å². The smallest absolute Gasteiger partial charge is 0.269 e. The van der Waals surface area contributed by atoms with Crippen LogP contribution in [-0.4, -0.2) is 30.1 Å². The minimum atomic E-state index is -0.0147. The lowest BCUT2D eigenvalue weighted by Gasteiger charge is -2.14. The maximum atomic E-state index is 12.8. The molecule has 2 aromatic carbocycles. The van der Waals surface area contributed by atoms with Crippen LogP contribution in [-0.2, 0) is 4.79 Å². The molecule has 0 aromatic heterocycles. The number of rotatable bonds is 1. The third-order valence-corrected chi connectivity index (χ3v) is 7.35. The van der Waals surface area contributed by atoms with Gasteiger partial charge in [0.1, 0.15) is 4.91 Å². The molecule has 4 rings (SSSR count). The van der Waals surface area contributed by atoms with Gasteiger partial charge >= 0.3 is 0 Å². The molecule has 0 aliphatic carbocycles. The van der Waals surface area contributed by atoms with Crippen LogP contribution in [0, 0.1) is 6.92 Å². The zero-order chi connectivity index (χ0) is 18.4. The number of thioether (sulfide) groups is 2. The molecule has 0 atom stereocenters. The van der Waals surface area contributed by atoms with Gasteiger partial charge in [-0.3, -0.25) is 9.69 Å². The van der Waals surface area contributed by atoms with Crippen LogP contribution in [0.4, 0.5) is 11.4 Å². The molecule has 1 fully saturated rings. The molecule has 0 spiro atoms. The van der Waals surface area contributed by atoms with Crippen molar-refractivity contribution < 1.29 is 4.79 Å². The number of nitrogens with zero attached hydrogens (tertiary/aromatic N) is 3. The van der Waals surface area contributed by atoms with Crippen molar-refractivity contribution in [3.8, 4) is 0 Å². The van der Waals surface area contributed by atoms with Crippen LogP contribution in [0.15, 0.2) is 66.8 Å². The first kappa shape index (κ1) is 17.7. The lowest BCUT2D eigenvalue weighted by atomic mass is 10.2. The normalized spacial score (nSPS) is 21.1. The molecule has 2 aliphatic rings. The Labute approximate surface area is 169 Å². The maximum absolute atomic E-state index is 12.8. The molecular formula is C19H16BrN3OS2. The number of aryl methyl sites for hydroxylation is 1. The van der Waals surface area contributed by atoms with Crippen LogP contribution in [0.3, 0.4) is 0 Å².